The minimum Gasteiger partial charge on any atom is -0.487 e. The zero-order valence-corrected chi connectivity index (χ0v) is 22.8. The third-order valence-electron chi connectivity index (χ3n) is 5.12. The van der Waals surface area contributed by atoms with E-state index in [1.54, 1.807) is 31.2 Å². The maximum atomic E-state index is 12.4. The first-order valence-corrected chi connectivity index (χ1v) is 12.4. The third-order valence-corrected chi connectivity index (χ3v) is 6.72. The van der Waals surface area contributed by atoms with Gasteiger partial charge in [0.1, 0.15) is 12.4 Å². The minimum absolute atomic E-state index is 0.0141. The summed E-state index contributed by atoms with van der Waals surface area (Å²) in [6, 6.07) is 14.2. The molecule has 182 valence electrons. The summed E-state index contributed by atoms with van der Waals surface area (Å²) >= 11 is 4.26. The number of non-ortho nitro benzene ring substituents is 1. The first-order chi connectivity index (χ1) is 17.1. The van der Waals surface area contributed by atoms with E-state index in [4.69, 9.17) is 9.47 Å². The average Bonchev–Trinajstić information content (AvgIpc) is 3.18. The number of nitro benzene ring substituents is 2. The SMILES string of the molecule is Cc1cc(C2=N/C(=C\c3cc(I)c(OCc4ccc([N+](=O)[O-])cc4)c(I)c3)C(=O)O2)ccc1[N+](=O)[O-]. The van der Waals surface area contributed by atoms with Gasteiger partial charge in [0.25, 0.3) is 11.4 Å². The zero-order valence-electron chi connectivity index (χ0n) is 18.4. The van der Waals surface area contributed by atoms with Crippen LogP contribution in [0.1, 0.15) is 22.3 Å². The van der Waals surface area contributed by atoms with Gasteiger partial charge in [0.15, 0.2) is 5.70 Å². The van der Waals surface area contributed by atoms with Gasteiger partial charge in [-0.2, -0.15) is 0 Å². The van der Waals surface area contributed by atoms with Crippen molar-refractivity contribution in [1.82, 2.24) is 0 Å². The molecule has 1 aliphatic rings. The van der Waals surface area contributed by atoms with Gasteiger partial charge in [-0.3, -0.25) is 20.2 Å². The molecular weight excluding hydrogens is 696 g/mol. The Labute approximate surface area is 231 Å². The van der Waals surface area contributed by atoms with Crippen molar-refractivity contribution in [3.8, 4) is 5.75 Å². The van der Waals surface area contributed by atoms with Crippen LogP contribution in [0.15, 0.2) is 65.3 Å². The predicted molar refractivity (Wildman–Crippen MR) is 148 cm³/mol. The fraction of sp³-hybridized carbons (Fsp3) is 0.0833. The Bertz CT molecular complexity index is 1440. The largest absolute Gasteiger partial charge is 0.487 e. The van der Waals surface area contributed by atoms with Crippen LogP contribution in [-0.2, 0) is 16.1 Å². The Morgan fingerprint density at radius 3 is 2.25 bits per heavy atom. The van der Waals surface area contributed by atoms with E-state index in [9.17, 15) is 25.0 Å². The van der Waals surface area contributed by atoms with E-state index in [1.807, 2.05) is 12.1 Å². The number of cyclic esters (lactones) is 1. The standard InChI is InChI=1S/C24H15I2N3O7/c1-13-8-16(4-7-21(13)29(33)34)23-27-20(24(30)36-23)11-15-9-18(25)22(19(26)10-15)35-12-14-2-5-17(6-3-14)28(31)32/h2-11H,12H2,1H3/b20-11-. The number of aliphatic imine (C=N–C) groups is 1. The van der Waals surface area contributed by atoms with E-state index in [1.165, 1.54) is 24.3 Å². The molecule has 36 heavy (non-hydrogen) atoms. The normalized spacial score (nSPS) is 13.9. The molecule has 1 aliphatic heterocycles. The highest BCUT2D eigenvalue weighted by atomic mass is 127. The highest BCUT2D eigenvalue weighted by molar-refractivity contribution is 14.1. The number of nitro groups is 2. The van der Waals surface area contributed by atoms with E-state index in [2.05, 4.69) is 50.2 Å². The van der Waals surface area contributed by atoms with Crippen molar-refractivity contribution in [2.45, 2.75) is 13.5 Å². The van der Waals surface area contributed by atoms with Crippen LogP contribution in [0.25, 0.3) is 6.08 Å². The number of hydrogen-bond donors (Lipinski definition) is 0. The molecule has 3 aromatic rings. The second-order valence-corrected chi connectivity index (χ2v) is 9.94. The van der Waals surface area contributed by atoms with Gasteiger partial charge >= 0.3 is 5.97 Å². The molecule has 0 radical (unpaired) electrons. The van der Waals surface area contributed by atoms with Crippen LogP contribution >= 0.6 is 45.2 Å². The van der Waals surface area contributed by atoms with Crippen molar-refractivity contribution < 1.29 is 24.1 Å². The Morgan fingerprint density at radius 2 is 1.67 bits per heavy atom. The molecule has 0 aliphatic carbocycles. The molecule has 0 fully saturated rings. The molecule has 3 aromatic carbocycles. The van der Waals surface area contributed by atoms with Gasteiger partial charge in [-0.1, -0.05) is 0 Å². The van der Waals surface area contributed by atoms with Crippen LogP contribution in [-0.4, -0.2) is 21.7 Å². The van der Waals surface area contributed by atoms with E-state index in [0.717, 1.165) is 12.7 Å². The summed E-state index contributed by atoms with van der Waals surface area (Å²) in [7, 11) is 0. The molecule has 0 unspecified atom stereocenters. The van der Waals surface area contributed by atoms with Crippen molar-refractivity contribution >= 4 is 74.5 Å². The van der Waals surface area contributed by atoms with Gasteiger partial charge in [-0.05, 0) is 106 Å². The summed E-state index contributed by atoms with van der Waals surface area (Å²) in [5.74, 6) is 0.109. The maximum Gasteiger partial charge on any atom is 0.363 e. The molecular formula is C24H15I2N3O7. The monoisotopic (exact) mass is 711 g/mol. The highest BCUT2D eigenvalue weighted by Gasteiger charge is 2.25. The minimum atomic E-state index is -0.621. The number of halogens is 2. The predicted octanol–water partition coefficient (Wildman–Crippen LogP) is 5.94. The quantitative estimate of drug-likeness (QED) is 0.0974. The molecule has 10 nitrogen and oxygen atoms in total. The lowest BCUT2D eigenvalue weighted by Crippen LogP contribution is -2.06. The van der Waals surface area contributed by atoms with Crippen LogP contribution in [0.4, 0.5) is 11.4 Å². The van der Waals surface area contributed by atoms with E-state index >= 15 is 0 Å². The molecule has 0 N–H and O–H groups in total. The van der Waals surface area contributed by atoms with Crippen molar-refractivity contribution in [3.63, 3.8) is 0 Å². The summed E-state index contributed by atoms with van der Waals surface area (Å²) in [4.78, 5) is 37.6. The van der Waals surface area contributed by atoms with Gasteiger partial charge in [-0.25, -0.2) is 9.79 Å². The van der Waals surface area contributed by atoms with Crippen LogP contribution in [0.3, 0.4) is 0 Å². The van der Waals surface area contributed by atoms with Gasteiger partial charge in [0.2, 0.25) is 5.90 Å². The second-order valence-electron chi connectivity index (χ2n) is 7.62. The number of carbonyl (C=O) groups is 1. The summed E-state index contributed by atoms with van der Waals surface area (Å²) in [6.07, 6.45) is 1.60. The number of rotatable bonds is 7. The summed E-state index contributed by atoms with van der Waals surface area (Å²) in [5, 5.41) is 21.8. The Kier molecular flexibility index (Phi) is 7.63. The van der Waals surface area contributed by atoms with Gasteiger partial charge < -0.3 is 9.47 Å². The number of hydrogen-bond acceptors (Lipinski definition) is 8. The molecule has 0 aromatic heterocycles. The smallest absolute Gasteiger partial charge is 0.363 e. The lowest BCUT2D eigenvalue weighted by Gasteiger charge is -2.11. The van der Waals surface area contributed by atoms with Gasteiger partial charge in [-0.15, -0.1) is 0 Å². The Hall–Kier alpha value is -3.40. The van der Waals surface area contributed by atoms with Gasteiger partial charge in [0, 0.05) is 29.3 Å². The number of nitrogens with zero attached hydrogens (tertiary/aromatic N) is 3. The Balaban J connectivity index is 1.53. The average molecular weight is 711 g/mol. The fourth-order valence-corrected chi connectivity index (χ4v) is 5.48. The molecule has 0 saturated carbocycles. The number of ether oxygens (including phenoxy) is 2. The molecule has 0 amide bonds. The Morgan fingerprint density at radius 1 is 1.00 bits per heavy atom. The van der Waals surface area contributed by atoms with Crippen molar-refractivity contribution in [2.24, 2.45) is 4.99 Å². The van der Waals surface area contributed by atoms with Gasteiger partial charge in [0.05, 0.1) is 17.0 Å². The fourth-order valence-electron chi connectivity index (χ4n) is 3.35. The maximum absolute atomic E-state index is 12.4. The topological polar surface area (TPSA) is 134 Å². The lowest BCUT2D eigenvalue weighted by molar-refractivity contribution is -0.385. The van der Waals surface area contributed by atoms with Crippen molar-refractivity contribution in [3.05, 3.63) is 110 Å². The second kappa shape index (κ2) is 10.7. The molecule has 1 heterocycles. The van der Waals surface area contributed by atoms with E-state index < -0.39 is 15.8 Å². The number of esters is 1. The highest BCUT2D eigenvalue weighted by Crippen LogP contribution is 2.31. The molecule has 4 rings (SSSR count). The number of benzene rings is 3. The van der Waals surface area contributed by atoms with Crippen molar-refractivity contribution in [2.75, 3.05) is 0 Å². The lowest BCUT2D eigenvalue weighted by atomic mass is 10.1. The van der Waals surface area contributed by atoms with Crippen molar-refractivity contribution in [1.29, 1.82) is 0 Å². The molecule has 0 atom stereocenters. The molecule has 0 bridgehead atoms. The van der Waals surface area contributed by atoms with Crippen LogP contribution < -0.4 is 4.74 Å². The summed E-state index contributed by atoms with van der Waals surface area (Å²) in [6.45, 7) is 1.84. The molecule has 0 spiro atoms. The van der Waals surface area contributed by atoms with E-state index in [0.29, 0.717) is 22.4 Å². The van der Waals surface area contributed by atoms with Crippen LogP contribution in [0.5, 0.6) is 5.75 Å². The number of carbonyl (C=O) groups excluding carboxylic acids is 1. The van der Waals surface area contributed by atoms with Crippen LogP contribution in [0.2, 0.25) is 0 Å². The summed E-state index contributed by atoms with van der Waals surface area (Å²) < 4.78 is 12.8. The van der Waals surface area contributed by atoms with E-state index in [-0.39, 0.29) is 29.6 Å². The third kappa shape index (κ3) is 5.70. The van der Waals surface area contributed by atoms with Crippen LogP contribution in [0, 0.1) is 34.3 Å². The number of aryl methyl sites for hydroxylation is 1. The summed E-state index contributed by atoms with van der Waals surface area (Å²) in [5.41, 5.74) is 2.49. The first-order valence-electron chi connectivity index (χ1n) is 10.3. The molecule has 12 heteroatoms. The molecule has 0 saturated heterocycles. The first kappa shape index (κ1) is 25.7. The zero-order chi connectivity index (χ0) is 26.0.